The van der Waals surface area contributed by atoms with Crippen molar-refractivity contribution in [3.05, 3.63) is 0 Å². The highest BCUT2D eigenvalue weighted by atomic mass is 16.5. The van der Waals surface area contributed by atoms with Crippen LogP contribution < -0.4 is 5.73 Å². The van der Waals surface area contributed by atoms with E-state index in [0.717, 1.165) is 0 Å². The van der Waals surface area contributed by atoms with E-state index in [9.17, 15) is 4.79 Å². The molecule has 0 amide bonds. The second kappa shape index (κ2) is 3.43. The fraction of sp³-hybridized carbons (Fsp3) is 0.800. The molecule has 8 heavy (non-hydrogen) atoms. The molecule has 1 radical (unpaired) electrons. The normalized spacial score (nSPS) is 9.50. The molecule has 0 heterocycles. The van der Waals surface area contributed by atoms with Crippen LogP contribution in [0.5, 0.6) is 0 Å². The van der Waals surface area contributed by atoms with Crippen LogP contribution in [0, 0.1) is 5.92 Å². The van der Waals surface area contributed by atoms with E-state index in [4.69, 9.17) is 5.73 Å². The van der Waals surface area contributed by atoms with E-state index in [2.05, 4.69) is 4.74 Å². The van der Waals surface area contributed by atoms with E-state index in [0.29, 0.717) is 0 Å². The van der Waals surface area contributed by atoms with Crippen molar-refractivity contribution in [3.63, 3.8) is 0 Å². The SMILES string of the molecule is CC(C)C(=O)OC[NH]. The molecule has 0 fully saturated rings. The standard InChI is InChI=1S/C5H10NO2/c1-4(2)5(7)8-3-6/h4,6H,3H2,1-2H3. The molecule has 0 saturated carbocycles. The first-order chi connectivity index (χ1) is 3.68. The van der Waals surface area contributed by atoms with Gasteiger partial charge in [0, 0.05) is 0 Å². The van der Waals surface area contributed by atoms with Gasteiger partial charge < -0.3 is 4.74 Å². The largest absolute Gasteiger partial charge is 0.448 e. The summed E-state index contributed by atoms with van der Waals surface area (Å²) in [6, 6.07) is 0. The fourth-order valence-corrected chi connectivity index (χ4v) is 0.238. The molecule has 0 aliphatic heterocycles. The summed E-state index contributed by atoms with van der Waals surface area (Å²) in [6.07, 6.45) is 0. The molecular weight excluding hydrogens is 106 g/mol. The Balaban J connectivity index is 3.33. The van der Waals surface area contributed by atoms with Crippen molar-refractivity contribution in [2.24, 2.45) is 5.92 Å². The van der Waals surface area contributed by atoms with Crippen LogP contribution in [0.25, 0.3) is 0 Å². The number of rotatable bonds is 2. The molecule has 0 bridgehead atoms. The highest BCUT2D eigenvalue weighted by molar-refractivity contribution is 5.71. The summed E-state index contributed by atoms with van der Waals surface area (Å²) in [5, 5.41) is 0. The quantitative estimate of drug-likeness (QED) is 0.491. The minimum absolute atomic E-state index is 0.111. The molecule has 0 spiro atoms. The highest BCUT2D eigenvalue weighted by Gasteiger charge is 2.05. The molecule has 47 valence electrons. The maximum absolute atomic E-state index is 10.4. The molecule has 0 unspecified atom stereocenters. The van der Waals surface area contributed by atoms with Crippen LogP contribution in [-0.4, -0.2) is 12.7 Å². The first-order valence-corrected chi connectivity index (χ1v) is 2.49. The third-order valence-electron chi connectivity index (χ3n) is 0.686. The minimum atomic E-state index is -0.306. The van der Waals surface area contributed by atoms with Crippen LogP contribution >= 0.6 is 0 Å². The second-order valence-corrected chi connectivity index (χ2v) is 1.76. The summed E-state index contributed by atoms with van der Waals surface area (Å²) in [4.78, 5) is 10.4. The van der Waals surface area contributed by atoms with Gasteiger partial charge in [0.2, 0.25) is 0 Å². The zero-order chi connectivity index (χ0) is 6.57. The van der Waals surface area contributed by atoms with E-state index in [1.165, 1.54) is 0 Å². The number of nitrogens with one attached hydrogen (secondary N) is 1. The Morgan fingerprint density at radius 3 is 2.38 bits per heavy atom. The van der Waals surface area contributed by atoms with Gasteiger partial charge in [-0.2, -0.15) is 0 Å². The first kappa shape index (κ1) is 7.43. The third-order valence-corrected chi connectivity index (χ3v) is 0.686. The van der Waals surface area contributed by atoms with Gasteiger partial charge in [0.05, 0.1) is 5.92 Å². The monoisotopic (exact) mass is 116 g/mol. The lowest BCUT2D eigenvalue weighted by Crippen LogP contribution is -2.12. The Hall–Kier alpha value is -0.570. The van der Waals surface area contributed by atoms with Gasteiger partial charge in [-0.1, -0.05) is 13.8 Å². The zero-order valence-electron chi connectivity index (χ0n) is 5.10. The summed E-state index contributed by atoms with van der Waals surface area (Å²) in [5.41, 5.74) is 6.48. The van der Waals surface area contributed by atoms with Crippen LogP contribution in [0.15, 0.2) is 0 Å². The number of carbonyl (C=O) groups is 1. The predicted molar refractivity (Wildman–Crippen MR) is 28.9 cm³/mol. The third kappa shape index (κ3) is 2.58. The number of ether oxygens (including phenoxy) is 1. The van der Waals surface area contributed by atoms with Gasteiger partial charge in [0.25, 0.3) is 0 Å². The molecule has 3 heteroatoms. The van der Waals surface area contributed by atoms with Crippen molar-refractivity contribution in [1.82, 2.24) is 5.73 Å². The lowest BCUT2D eigenvalue weighted by Gasteiger charge is -2.01. The van der Waals surface area contributed by atoms with Crippen LogP contribution in [0.4, 0.5) is 0 Å². The summed E-state index contributed by atoms with van der Waals surface area (Å²) >= 11 is 0. The molecular formula is C5H10NO2. The fourth-order valence-electron chi connectivity index (χ4n) is 0.238. The van der Waals surface area contributed by atoms with Crippen molar-refractivity contribution in [2.75, 3.05) is 6.73 Å². The van der Waals surface area contributed by atoms with Crippen molar-refractivity contribution >= 4 is 5.97 Å². The van der Waals surface area contributed by atoms with E-state index in [1.54, 1.807) is 13.8 Å². The second-order valence-electron chi connectivity index (χ2n) is 1.76. The molecule has 0 atom stereocenters. The Morgan fingerprint density at radius 1 is 1.75 bits per heavy atom. The highest BCUT2D eigenvalue weighted by Crippen LogP contribution is 1.93. The summed E-state index contributed by atoms with van der Waals surface area (Å²) in [5.74, 6) is -0.416. The maximum atomic E-state index is 10.4. The Morgan fingerprint density at radius 2 is 2.25 bits per heavy atom. The lowest BCUT2D eigenvalue weighted by atomic mass is 10.2. The van der Waals surface area contributed by atoms with E-state index >= 15 is 0 Å². The molecule has 0 aromatic heterocycles. The molecule has 0 aliphatic carbocycles. The number of carbonyl (C=O) groups excluding carboxylic acids is 1. The van der Waals surface area contributed by atoms with Crippen molar-refractivity contribution in [3.8, 4) is 0 Å². The zero-order valence-corrected chi connectivity index (χ0v) is 5.10. The summed E-state index contributed by atoms with van der Waals surface area (Å²) in [6.45, 7) is 3.20. The van der Waals surface area contributed by atoms with Gasteiger partial charge in [-0.3, -0.25) is 4.79 Å². The van der Waals surface area contributed by atoms with Gasteiger partial charge in [-0.15, -0.1) is 0 Å². The number of hydrogen-bond donors (Lipinski definition) is 0. The maximum Gasteiger partial charge on any atom is 0.309 e. The van der Waals surface area contributed by atoms with Crippen LogP contribution in [0.2, 0.25) is 0 Å². The van der Waals surface area contributed by atoms with Gasteiger partial charge >= 0.3 is 5.97 Å². The number of esters is 1. The number of hydrogen-bond acceptors (Lipinski definition) is 2. The smallest absolute Gasteiger partial charge is 0.309 e. The molecule has 0 saturated heterocycles. The van der Waals surface area contributed by atoms with Crippen molar-refractivity contribution < 1.29 is 9.53 Å². The topological polar surface area (TPSA) is 50.1 Å². The van der Waals surface area contributed by atoms with Crippen LogP contribution in [-0.2, 0) is 9.53 Å². The molecule has 0 rings (SSSR count). The summed E-state index contributed by atoms with van der Waals surface area (Å²) < 4.78 is 4.33. The van der Waals surface area contributed by atoms with Gasteiger partial charge in [0.1, 0.15) is 0 Å². The van der Waals surface area contributed by atoms with Crippen LogP contribution in [0.1, 0.15) is 13.8 Å². The van der Waals surface area contributed by atoms with Crippen molar-refractivity contribution in [1.29, 1.82) is 0 Å². The minimum Gasteiger partial charge on any atom is -0.448 e. The lowest BCUT2D eigenvalue weighted by molar-refractivity contribution is -0.147. The van der Waals surface area contributed by atoms with Crippen LogP contribution in [0.3, 0.4) is 0 Å². The predicted octanol–water partition coefficient (Wildman–Crippen LogP) is 0.426. The average Bonchev–Trinajstić information content (AvgIpc) is 1.67. The molecule has 1 N–H and O–H groups in total. The van der Waals surface area contributed by atoms with Gasteiger partial charge in [-0.05, 0) is 0 Å². The molecule has 3 nitrogen and oxygen atoms in total. The van der Waals surface area contributed by atoms with Gasteiger partial charge in [-0.25, -0.2) is 5.73 Å². The van der Waals surface area contributed by atoms with E-state index < -0.39 is 0 Å². The molecule has 0 aliphatic rings. The summed E-state index contributed by atoms with van der Waals surface area (Å²) in [7, 11) is 0. The van der Waals surface area contributed by atoms with Crippen molar-refractivity contribution in [2.45, 2.75) is 13.8 Å². The Bertz CT molecular complexity index is 80.5. The Labute approximate surface area is 48.8 Å². The Kier molecular flexibility index (Phi) is 3.19. The average molecular weight is 116 g/mol. The van der Waals surface area contributed by atoms with E-state index in [-0.39, 0.29) is 18.6 Å². The molecule has 0 aromatic rings. The first-order valence-electron chi connectivity index (χ1n) is 2.49. The van der Waals surface area contributed by atoms with Gasteiger partial charge in [0.15, 0.2) is 6.73 Å². The molecule has 0 aromatic carbocycles. The van der Waals surface area contributed by atoms with E-state index in [1.807, 2.05) is 0 Å².